The second-order valence-electron chi connectivity index (χ2n) is 8.73. The molecular formula is C26H25ClFN5O2. The molecule has 1 aliphatic heterocycles. The molecule has 0 bridgehead atoms. The lowest BCUT2D eigenvalue weighted by molar-refractivity contribution is 0.477. The molecule has 1 atom stereocenters. The molecule has 0 amide bonds. The largest absolute Gasteiger partial charge is 0.507 e. The molecular weight excluding hydrogens is 469 g/mol. The first-order valence-corrected chi connectivity index (χ1v) is 11.7. The molecule has 2 N–H and O–H groups in total. The predicted octanol–water partition coefficient (Wildman–Crippen LogP) is 4.20. The van der Waals surface area contributed by atoms with Crippen molar-refractivity contribution in [1.29, 1.82) is 0 Å². The summed E-state index contributed by atoms with van der Waals surface area (Å²) in [6.07, 6.45) is 7.69. The summed E-state index contributed by atoms with van der Waals surface area (Å²) < 4.78 is 17.6. The number of benzene rings is 2. The Bertz CT molecular complexity index is 1460. The van der Waals surface area contributed by atoms with Gasteiger partial charge in [-0.3, -0.25) is 9.55 Å². The van der Waals surface area contributed by atoms with Crippen molar-refractivity contribution in [2.75, 3.05) is 25.0 Å². The summed E-state index contributed by atoms with van der Waals surface area (Å²) in [5, 5.41) is 14.8. The summed E-state index contributed by atoms with van der Waals surface area (Å²) >= 11 is 6.50. The molecule has 9 heteroatoms. The number of likely N-dealkylation sites (N-methyl/N-ethyl adjacent to an activating group) is 1. The molecule has 35 heavy (non-hydrogen) atoms. The van der Waals surface area contributed by atoms with Gasteiger partial charge in [0.25, 0.3) is 0 Å². The Morgan fingerprint density at radius 1 is 1.11 bits per heavy atom. The Hall–Kier alpha value is -3.62. The fraction of sp³-hybridized carbons (Fsp3) is 0.231. The quantitative estimate of drug-likeness (QED) is 0.436. The first-order valence-electron chi connectivity index (χ1n) is 11.3. The number of phenolic OH excluding ortho intramolecular Hbond substituents is 1. The number of aromatic hydroxyl groups is 1. The maximum atomic E-state index is 14.7. The summed E-state index contributed by atoms with van der Waals surface area (Å²) in [5.74, 6) is -0.560. The first-order chi connectivity index (χ1) is 16.9. The highest BCUT2D eigenvalue weighted by atomic mass is 35.5. The van der Waals surface area contributed by atoms with E-state index in [1.165, 1.54) is 21.3 Å². The lowest BCUT2D eigenvalue weighted by Crippen LogP contribution is -2.29. The van der Waals surface area contributed by atoms with Crippen molar-refractivity contribution in [3.63, 3.8) is 0 Å². The number of aromatic nitrogens is 3. The lowest BCUT2D eigenvalue weighted by atomic mass is 9.97. The van der Waals surface area contributed by atoms with E-state index in [1.54, 1.807) is 50.0 Å². The minimum atomic E-state index is -0.492. The third kappa shape index (κ3) is 4.31. The Balaban J connectivity index is 1.53. The number of phenols is 1. The van der Waals surface area contributed by atoms with Crippen LogP contribution >= 0.6 is 11.6 Å². The van der Waals surface area contributed by atoms with Gasteiger partial charge in [-0.25, -0.2) is 9.18 Å². The van der Waals surface area contributed by atoms with Crippen LogP contribution in [-0.2, 0) is 7.05 Å². The molecule has 3 heterocycles. The Morgan fingerprint density at radius 2 is 1.89 bits per heavy atom. The highest BCUT2D eigenvalue weighted by Gasteiger charge is 2.22. The van der Waals surface area contributed by atoms with E-state index in [0.717, 1.165) is 25.2 Å². The molecule has 180 valence electrons. The minimum Gasteiger partial charge on any atom is -0.507 e. The number of aryl methyl sites for hydroxylation is 1. The van der Waals surface area contributed by atoms with Crippen LogP contribution in [0.3, 0.4) is 0 Å². The number of halogens is 2. The third-order valence-electron chi connectivity index (χ3n) is 6.54. The molecule has 0 aliphatic carbocycles. The van der Waals surface area contributed by atoms with Gasteiger partial charge in [0.1, 0.15) is 11.6 Å². The van der Waals surface area contributed by atoms with Crippen LogP contribution in [-0.4, -0.2) is 45.4 Å². The summed E-state index contributed by atoms with van der Waals surface area (Å²) in [4.78, 5) is 18.9. The molecule has 4 aromatic rings. The van der Waals surface area contributed by atoms with Gasteiger partial charge in [-0.1, -0.05) is 17.7 Å². The summed E-state index contributed by atoms with van der Waals surface area (Å²) in [7, 11) is 3.60. The second kappa shape index (κ2) is 9.20. The molecule has 0 spiro atoms. The monoisotopic (exact) mass is 493 g/mol. The molecule has 1 aliphatic rings. The Morgan fingerprint density at radius 3 is 2.54 bits per heavy atom. The van der Waals surface area contributed by atoms with Crippen molar-refractivity contribution in [2.45, 2.75) is 12.5 Å². The van der Waals surface area contributed by atoms with E-state index in [1.807, 2.05) is 13.1 Å². The molecule has 1 saturated heterocycles. The van der Waals surface area contributed by atoms with Crippen LogP contribution in [0.1, 0.15) is 6.42 Å². The van der Waals surface area contributed by atoms with E-state index >= 15 is 0 Å². The number of anilines is 1. The maximum absolute atomic E-state index is 14.7. The fourth-order valence-corrected chi connectivity index (χ4v) is 4.81. The maximum Gasteiger partial charge on any atom is 0.332 e. The lowest BCUT2D eigenvalue weighted by Gasteiger charge is -2.19. The van der Waals surface area contributed by atoms with E-state index in [4.69, 9.17) is 11.6 Å². The number of hydrogen-bond acceptors (Lipinski definition) is 5. The van der Waals surface area contributed by atoms with E-state index in [-0.39, 0.29) is 11.4 Å². The number of imidazole rings is 1. The summed E-state index contributed by atoms with van der Waals surface area (Å²) in [6, 6.07) is 9.90. The highest BCUT2D eigenvalue weighted by Crippen LogP contribution is 2.41. The van der Waals surface area contributed by atoms with Gasteiger partial charge < -0.3 is 19.9 Å². The van der Waals surface area contributed by atoms with Crippen molar-refractivity contribution in [3.05, 3.63) is 82.5 Å². The van der Waals surface area contributed by atoms with Crippen LogP contribution in [0.15, 0.2) is 66.0 Å². The van der Waals surface area contributed by atoms with E-state index < -0.39 is 5.82 Å². The molecule has 7 nitrogen and oxygen atoms in total. The van der Waals surface area contributed by atoms with Gasteiger partial charge in [0, 0.05) is 61.5 Å². The average molecular weight is 494 g/mol. The summed E-state index contributed by atoms with van der Waals surface area (Å²) in [5.41, 5.74) is 2.98. The van der Waals surface area contributed by atoms with Crippen LogP contribution in [0, 0.1) is 5.82 Å². The van der Waals surface area contributed by atoms with Crippen LogP contribution in [0.4, 0.5) is 10.1 Å². The molecule has 0 radical (unpaired) electrons. The average Bonchev–Trinajstić information content (AvgIpc) is 3.47. The molecule has 2 aromatic heterocycles. The molecule has 5 rings (SSSR count). The van der Waals surface area contributed by atoms with Gasteiger partial charge in [0.2, 0.25) is 0 Å². The fourth-order valence-electron chi connectivity index (χ4n) is 4.54. The SMILES string of the molecule is CN[C@H]1CCN(c2cncc(-c3cc(F)cc(-c4ccc(-n5ccn(C)c5=O)c(Cl)c4)c3O)c2)C1. The molecule has 0 unspecified atom stereocenters. The van der Waals surface area contributed by atoms with Crippen molar-refractivity contribution in [1.82, 2.24) is 19.4 Å². The predicted molar refractivity (Wildman–Crippen MR) is 136 cm³/mol. The van der Waals surface area contributed by atoms with Crippen LogP contribution in [0.2, 0.25) is 5.02 Å². The molecule has 0 saturated carbocycles. The Labute approximate surface area is 207 Å². The minimum absolute atomic E-state index is 0.0689. The number of pyridine rings is 1. The van der Waals surface area contributed by atoms with Gasteiger partial charge in [-0.05, 0) is 49.4 Å². The zero-order valence-electron chi connectivity index (χ0n) is 19.4. The number of nitrogens with zero attached hydrogens (tertiary/aromatic N) is 4. The number of hydrogen-bond donors (Lipinski definition) is 2. The van der Waals surface area contributed by atoms with E-state index in [0.29, 0.717) is 39.0 Å². The van der Waals surface area contributed by atoms with Gasteiger partial charge in [-0.2, -0.15) is 0 Å². The van der Waals surface area contributed by atoms with Gasteiger partial charge in [0.05, 0.1) is 22.6 Å². The summed E-state index contributed by atoms with van der Waals surface area (Å²) in [6.45, 7) is 1.75. The van der Waals surface area contributed by atoms with E-state index in [9.17, 15) is 14.3 Å². The van der Waals surface area contributed by atoms with Crippen molar-refractivity contribution in [2.24, 2.45) is 7.05 Å². The van der Waals surface area contributed by atoms with Gasteiger partial charge in [0.15, 0.2) is 0 Å². The van der Waals surface area contributed by atoms with Crippen LogP contribution in [0.25, 0.3) is 27.9 Å². The smallest absolute Gasteiger partial charge is 0.332 e. The van der Waals surface area contributed by atoms with E-state index in [2.05, 4.69) is 15.2 Å². The van der Waals surface area contributed by atoms with Crippen molar-refractivity contribution in [3.8, 4) is 33.7 Å². The van der Waals surface area contributed by atoms with Crippen LogP contribution < -0.4 is 15.9 Å². The second-order valence-corrected chi connectivity index (χ2v) is 9.14. The van der Waals surface area contributed by atoms with Crippen molar-refractivity contribution < 1.29 is 9.50 Å². The normalized spacial score (nSPS) is 15.7. The van der Waals surface area contributed by atoms with Gasteiger partial charge in [-0.15, -0.1) is 0 Å². The molecule has 2 aromatic carbocycles. The topological polar surface area (TPSA) is 75.3 Å². The highest BCUT2D eigenvalue weighted by molar-refractivity contribution is 6.32. The zero-order chi connectivity index (χ0) is 24.7. The molecule has 1 fully saturated rings. The van der Waals surface area contributed by atoms with Crippen LogP contribution in [0.5, 0.6) is 5.75 Å². The number of nitrogens with one attached hydrogen (secondary N) is 1. The third-order valence-corrected chi connectivity index (χ3v) is 6.84. The Kier molecular flexibility index (Phi) is 6.08. The first kappa shape index (κ1) is 23.1. The van der Waals surface area contributed by atoms with Crippen molar-refractivity contribution >= 4 is 17.3 Å². The standard InChI is InChI=1S/C26H25ClFN5O2/c1-29-19-5-6-32(15-19)20-9-17(13-30-14-20)22-12-18(28)11-21(25(22)34)16-3-4-24(23(27)10-16)33-8-7-31(2)26(33)35/h3-4,7-14,19,29,34H,5-6,15H2,1-2H3/t19-/m0/s1. The number of rotatable bonds is 5. The zero-order valence-corrected chi connectivity index (χ0v) is 20.1. The van der Waals surface area contributed by atoms with Gasteiger partial charge >= 0.3 is 5.69 Å².